The molecule has 2 unspecified atom stereocenters. The third kappa shape index (κ3) is 10.8. The lowest BCUT2D eigenvalue weighted by molar-refractivity contribution is 0.677. The second kappa shape index (κ2) is 15.3. The Balaban J connectivity index is 0.000000326. The van der Waals surface area contributed by atoms with Crippen molar-refractivity contribution in [1.29, 1.82) is 4.78 Å². The van der Waals surface area contributed by atoms with Gasteiger partial charge in [-0.05, 0) is 63.6 Å². The van der Waals surface area contributed by atoms with E-state index in [2.05, 4.69) is 113 Å². The molecule has 230 valence electrons. The lowest BCUT2D eigenvalue weighted by atomic mass is 10.2. The number of aryl methyl sites for hydroxylation is 2. The molecule has 4 nitrogen and oxygen atoms in total. The Hall–Kier alpha value is -2.04. The summed E-state index contributed by atoms with van der Waals surface area (Å²) in [5.41, 5.74) is 2.30. The number of nitrogens with zero attached hydrogens (tertiary/aromatic N) is 1. The van der Waals surface area contributed by atoms with Crippen LogP contribution in [0, 0.1) is 4.78 Å². The van der Waals surface area contributed by atoms with Crippen molar-refractivity contribution in [3.8, 4) is 0 Å². The van der Waals surface area contributed by atoms with Gasteiger partial charge < -0.3 is 0 Å². The maximum atomic E-state index is 13.9. The summed E-state index contributed by atoms with van der Waals surface area (Å²) in [4.78, 5) is 0. The number of rotatable bonds is 9. The molecule has 1 N–H and O–H groups in total. The van der Waals surface area contributed by atoms with Crippen LogP contribution in [0.25, 0.3) is 0 Å². The van der Waals surface area contributed by atoms with E-state index in [1.54, 1.807) is 0 Å². The van der Waals surface area contributed by atoms with E-state index >= 15 is 0 Å². The normalized spacial score (nSPS) is 14.5. The quantitative estimate of drug-likeness (QED) is 0.174. The van der Waals surface area contributed by atoms with Crippen molar-refractivity contribution >= 4 is 69.9 Å². The largest absolute Gasteiger partial charge is 0.266 e. The van der Waals surface area contributed by atoms with Gasteiger partial charge in [0.1, 0.15) is 0 Å². The minimum Gasteiger partial charge on any atom is -0.266 e. The molecule has 0 aliphatic carbocycles. The molecule has 43 heavy (non-hydrogen) atoms. The lowest BCUT2D eigenvalue weighted by Crippen LogP contribution is -2.63. The Morgan fingerprint density at radius 1 is 0.674 bits per heavy atom. The molecular weight excluding hydrogens is 720 g/mol. The van der Waals surface area contributed by atoms with Crippen LogP contribution in [0.5, 0.6) is 0 Å². The van der Waals surface area contributed by atoms with Crippen molar-refractivity contribution in [3.05, 3.63) is 129 Å². The Bertz CT molecular complexity index is 1680. The molecular formula is C34H42Br2N2O2S2Si. The molecule has 0 heterocycles. The summed E-state index contributed by atoms with van der Waals surface area (Å²) in [5, 5.41) is 2.28. The van der Waals surface area contributed by atoms with Gasteiger partial charge in [-0.1, -0.05) is 138 Å². The van der Waals surface area contributed by atoms with Gasteiger partial charge in [0, 0.05) is 52.4 Å². The molecule has 0 aromatic heterocycles. The summed E-state index contributed by atoms with van der Waals surface area (Å²) in [6.45, 7) is 6.73. The average Bonchev–Trinajstić information content (AvgIpc) is 2.94. The number of benzene rings is 4. The molecule has 0 amide bonds. The first-order chi connectivity index (χ1) is 20.1. The highest BCUT2D eigenvalue weighted by Crippen LogP contribution is 2.37. The van der Waals surface area contributed by atoms with Crippen molar-refractivity contribution in [2.45, 2.75) is 38.7 Å². The molecule has 4 aromatic rings. The van der Waals surface area contributed by atoms with Crippen LogP contribution in [-0.4, -0.2) is 40.7 Å². The highest BCUT2D eigenvalue weighted by molar-refractivity contribution is 9.10. The van der Waals surface area contributed by atoms with Gasteiger partial charge >= 0.3 is 0 Å². The molecule has 0 saturated carbocycles. The smallest absolute Gasteiger partial charge is 0.259 e. The van der Waals surface area contributed by atoms with Crippen LogP contribution in [0.2, 0.25) is 5.04 Å². The second-order valence-corrected chi connectivity index (χ2v) is 23.3. The number of halogens is 2. The van der Waals surface area contributed by atoms with Crippen LogP contribution < -0.4 is 10.4 Å². The van der Waals surface area contributed by atoms with E-state index in [0.29, 0.717) is 17.9 Å². The molecule has 0 bridgehead atoms. The van der Waals surface area contributed by atoms with Gasteiger partial charge in [-0.15, -0.1) is 0 Å². The first-order valence-electron chi connectivity index (χ1n) is 14.1. The number of nitrogens with one attached hydrogen (secondary N) is 1. The molecule has 4 aromatic carbocycles. The Morgan fingerprint density at radius 3 is 1.47 bits per heavy atom. The topological polar surface area (TPSA) is 70.3 Å². The third-order valence-corrected chi connectivity index (χ3v) is 17.2. The summed E-state index contributed by atoms with van der Waals surface area (Å²) < 4.78 is 39.7. The Morgan fingerprint density at radius 2 is 1.09 bits per heavy atom. The number of hydrogen-bond donors (Lipinski definition) is 1. The van der Waals surface area contributed by atoms with E-state index in [-0.39, 0.29) is 5.04 Å². The lowest BCUT2D eigenvalue weighted by Gasteiger charge is -2.40. The van der Waals surface area contributed by atoms with Gasteiger partial charge in [0.25, 0.3) is 8.24 Å². The van der Waals surface area contributed by atoms with Gasteiger partial charge in [0.2, 0.25) is 0 Å². The van der Waals surface area contributed by atoms with Crippen LogP contribution in [0.15, 0.2) is 122 Å². The van der Waals surface area contributed by atoms with Crippen molar-refractivity contribution in [2.24, 2.45) is 4.03 Å². The molecule has 9 heteroatoms. The zero-order valence-corrected chi connectivity index (χ0v) is 31.4. The van der Waals surface area contributed by atoms with E-state index in [4.69, 9.17) is 8.81 Å². The van der Waals surface area contributed by atoms with Crippen LogP contribution in [0.3, 0.4) is 0 Å². The standard InChI is InChI=1S/C25H30BrNOSSi.C9H12BrNOS/c1-25(2,3)30(23-14-7-5-8-15-23,24-16-9-6-10-17-24)27-29(4,28)19-18-21-12-11-13-22(26)20-21;1-13(11,12)6-5-8-3-2-4-9(10)7-8/h5-17,20H,18-19H2,1-4H3;2-4,7,11H,5-6H2,1H3. The van der Waals surface area contributed by atoms with Gasteiger partial charge in [-0.3, -0.25) is 17.2 Å². The monoisotopic (exact) mass is 760 g/mol. The van der Waals surface area contributed by atoms with Gasteiger partial charge in [0.15, 0.2) is 0 Å². The maximum Gasteiger partial charge on any atom is 0.259 e. The molecule has 0 spiro atoms. The fourth-order valence-electron chi connectivity index (χ4n) is 4.97. The molecule has 0 aliphatic rings. The van der Waals surface area contributed by atoms with Crippen molar-refractivity contribution < 1.29 is 8.42 Å². The van der Waals surface area contributed by atoms with Crippen molar-refractivity contribution in [1.82, 2.24) is 0 Å². The SMILES string of the molecule is CC(C)(C)[Si](N=S(C)(=O)CCc1cccc(Br)c1)(c1ccccc1)c1ccccc1.CS(=N)(=O)CCc1cccc(Br)c1. The molecule has 0 fully saturated rings. The summed E-state index contributed by atoms with van der Waals surface area (Å²) in [6.07, 6.45) is 4.77. The molecule has 2 atom stereocenters. The zero-order chi connectivity index (χ0) is 31.7. The van der Waals surface area contributed by atoms with E-state index in [1.807, 2.05) is 54.8 Å². The predicted octanol–water partition coefficient (Wildman–Crippen LogP) is 8.32. The third-order valence-electron chi connectivity index (χ3n) is 7.13. The Kier molecular flexibility index (Phi) is 12.6. The van der Waals surface area contributed by atoms with E-state index in [9.17, 15) is 8.42 Å². The van der Waals surface area contributed by atoms with Gasteiger partial charge in [-0.2, -0.15) is 0 Å². The minimum atomic E-state index is -2.69. The molecule has 0 aliphatic heterocycles. The first-order valence-corrected chi connectivity index (χ1v) is 21.9. The van der Waals surface area contributed by atoms with E-state index in [1.165, 1.54) is 22.2 Å². The van der Waals surface area contributed by atoms with Crippen molar-refractivity contribution in [2.75, 3.05) is 24.0 Å². The summed E-state index contributed by atoms with van der Waals surface area (Å²) in [7, 11) is -7.45. The van der Waals surface area contributed by atoms with Gasteiger partial charge in [0.05, 0.1) is 0 Å². The second-order valence-electron chi connectivity index (χ2n) is 11.9. The Labute approximate surface area is 277 Å². The van der Waals surface area contributed by atoms with Crippen LogP contribution >= 0.6 is 31.9 Å². The summed E-state index contributed by atoms with van der Waals surface area (Å²) >= 11 is 6.90. The molecule has 4 rings (SSSR count). The molecule has 0 saturated heterocycles. The average molecular weight is 763 g/mol. The van der Waals surface area contributed by atoms with E-state index < -0.39 is 27.7 Å². The van der Waals surface area contributed by atoms with Crippen molar-refractivity contribution in [3.63, 3.8) is 0 Å². The predicted molar refractivity (Wildman–Crippen MR) is 196 cm³/mol. The molecule has 0 radical (unpaired) electrons. The van der Waals surface area contributed by atoms with Gasteiger partial charge in [-0.25, -0.2) is 0 Å². The highest BCUT2D eigenvalue weighted by atomic mass is 79.9. The summed E-state index contributed by atoms with van der Waals surface area (Å²) in [5.74, 6) is 0.984. The first kappa shape index (κ1) is 35.4. The van der Waals surface area contributed by atoms with Crippen LogP contribution in [-0.2, 0) is 32.3 Å². The minimum absolute atomic E-state index is 0.135. The number of hydrogen-bond acceptors (Lipinski definition) is 4. The zero-order valence-electron chi connectivity index (χ0n) is 25.6. The summed E-state index contributed by atoms with van der Waals surface area (Å²) in [6, 6.07) is 37.1. The fourth-order valence-corrected chi connectivity index (χ4v) is 15.1. The highest BCUT2D eigenvalue weighted by Gasteiger charge is 2.49. The van der Waals surface area contributed by atoms with Crippen LogP contribution in [0.4, 0.5) is 0 Å². The van der Waals surface area contributed by atoms with Crippen LogP contribution in [0.1, 0.15) is 31.9 Å². The fraction of sp³-hybridized carbons (Fsp3) is 0.294. The maximum absolute atomic E-state index is 13.9. The van der Waals surface area contributed by atoms with E-state index in [0.717, 1.165) is 20.9 Å².